The molecule has 1 fully saturated rings. The number of rotatable bonds is 7. The predicted molar refractivity (Wildman–Crippen MR) is 131 cm³/mol. The van der Waals surface area contributed by atoms with E-state index in [1.165, 1.54) is 5.57 Å². The summed E-state index contributed by atoms with van der Waals surface area (Å²) in [5, 5.41) is 10.1. The molecule has 3 aromatic rings. The maximum Gasteiger partial charge on any atom is 0.253 e. The lowest BCUT2D eigenvalue weighted by molar-refractivity contribution is 0.0773. The molecule has 1 aliphatic rings. The summed E-state index contributed by atoms with van der Waals surface area (Å²) in [6.45, 7) is 8.13. The highest BCUT2D eigenvalue weighted by atomic mass is 16.3. The third kappa shape index (κ3) is 5.37. The van der Waals surface area contributed by atoms with Crippen molar-refractivity contribution in [3.05, 3.63) is 95.0 Å². The highest BCUT2D eigenvalue weighted by molar-refractivity contribution is 5.95. The van der Waals surface area contributed by atoms with E-state index >= 15 is 0 Å². The number of carbonyl (C=O) groups excluding carboxylic acids is 1. The van der Waals surface area contributed by atoms with Gasteiger partial charge in [0, 0.05) is 31.7 Å². The molecular weight excluding hydrogens is 412 g/mol. The Kier molecular flexibility index (Phi) is 7.30. The number of amides is 1. The fourth-order valence-electron chi connectivity index (χ4n) is 4.56. The molecule has 2 aromatic carbocycles. The van der Waals surface area contributed by atoms with Gasteiger partial charge in [0.25, 0.3) is 5.91 Å². The van der Waals surface area contributed by atoms with Crippen LogP contribution in [0.1, 0.15) is 53.9 Å². The molecule has 1 saturated heterocycles. The lowest BCUT2D eigenvalue weighted by Gasteiger charge is -2.29. The van der Waals surface area contributed by atoms with Gasteiger partial charge in [-0.05, 0) is 79.8 Å². The van der Waals surface area contributed by atoms with Crippen molar-refractivity contribution in [3.63, 3.8) is 0 Å². The normalized spacial score (nSPS) is 14.3. The molecule has 1 amide bonds. The number of carbonyl (C=O) groups is 1. The van der Waals surface area contributed by atoms with Crippen LogP contribution in [0.15, 0.2) is 76.9 Å². The lowest BCUT2D eigenvalue weighted by Crippen LogP contribution is -2.30. The molecule has 1 aromatic heterocycles. The van der Waals surface area contributed by atoms with E-state index in [2.05, 4.69) is 4.90 Å². The highest BCUT2D eigenvalue weighted by Gasteiger charge is 2.21. The van der Waals surface area contributed by atoms with Gasteiger partial charge in [-0.15, -0.1) is 0 Å². The Hall–Kier alpha value is -3.31. The largest absolute Gasteiger partial charge is 0.508 e. The van der Waals surface area contributed by atoms with E-state index in [9.17, 15) is 9.90 Å². The highest BCUT2D eigenvalue weighted by Crippen LogP contribution is 2.34. The molecule has 33 heavy (non-hydrogen) atoms. The van der Waals surface area contributed by atoms with E-state index in [0.29, 0.717) is 18.7 Å². The molecule has 0 saturated carbocycles. The van der Waals surface area contributed by atoms with Gasteiger partial charge in [0.1, 0.15) is 11.5 Å². The monoisotopic (exact) mass is 444 g/mol. The number of piperidine rings is 1. The topological polar surface area (TPSA) is 56.9 Å². The SMILES string of the molecule is CCN(CC)C(=O)c1ccc(C(=C2CCN(Cc3ccco3)CC2)c2cccc(O)c2)cc1. The third-order valence-corrected chi connectivity index (χ3v) is 6.38. The van der Waals surface area contributed by atoms with Gasteiger partial charge in [-0.3, -0.25) is 9.69 Å². The number of hydrogen-bond donors (Lipinski definition) is 1. The Morgan fingerprint density at radius 3 is 2.24 bits per heavy atom. The summed E-state index contributed by atoms with van der Waals surface area (Å²) in [4.78, 5) is 17.0. The average molecular weight is 445 g/mol. The molecule has 5 heteroatoms. The number of benzene rings is 2. The van der Waals surface area contributed by atoms with Crippen LogP contribution >= 0.6 is 0 Å². The van der Waals surface area contributed by atoms with Crippen molar-refractivity contribution >= 4 is 11.5 Å². The van der Waals surface area contributed by atoms with Crippen molar-refractivity contribution in [1.29, 1.82) is 0 Å². The standard InChI is InChI=1S/C28H32N2O3/c1-3-30(4-2)28(32)23-12-10-21(11-13-23)27(24-7-5-8-25(31)19-24)22-14-16-29(17-15-22)20-26-9-6-18-33-26/h5-13,18-19,31H,3-4,14-17,20H2,1-2H3. The number of nitrogens with zero attached hydrogens (tertiary/aromatic N) is 2. The second kappa shape index (κ2) is 10.5. The minimum atomic E-state index is 0.0596. The quantitative estimate of drug-likeness (QED) is 0.518. The summed E-state index contributed by atoms with van der Waals surface area (Å²) in [6, 6.07) is 19.3. The molecule has 0 spiro atoms. The number of phenolic OH excluding ortho intramolecular Hbond substituents is 1. The first kappa shape index (κ1) is 22.9. The molecule has 4 rings (SSSR count). The Balaban J connectivity index is 1.62. The zero-order valence-corrected chi connectivity index (χ0v) is 19.5. The van der Waals surface area contributed by atoms with E-state index in [1.54, 1.807) is 12.3 Å². The Morgan fingerprint density at radius 2 is 1.64 bits per heavy atom. The van der Waals surface area contributed by atoms with Gasteiger partial charge in [0.2, 0.25) is 0 Å². The molecule has 172 valence electrons. The van der Waals surface area contributed by atoms with E-state index < -0.39 is 0 Å². The molecule has 0 bridgehead atoms. The van der Waals surface area contributed by atoms with Crippen LogP contribution in [-0.2, 0) is 6.54 Å². The molecular formula is C28H32N2O3. The predicted octanol–water partition coefficient (Wildman–Crippen LogP) is 5.57. The molecule has 0 unspecified atom stereocenters. The van der Waals surface area contributed by atoms with E-state index in [-0.39, 0.29) is 11.7 Å². The van der Waals surface area contributed by atoms with Gasteiger partial charge < -0.3 is 14.4 Å². The zero-order valence-electron chi connectivity index (χ0n) is 19.5. The zero-order chi connectivity index (χ0) is 23.2. The lowest BCUT2D eigenvalue weighted by atomic mass is 9.88. The first-order chi connectivity index (χ1) is 16.1. The van der Waals surface area contributed by atoms with Gasteiger partial charge in [-0.25, -0.2) is 0 Å². The van der Waals surface area contributed by atoms with Crippen LogP contribution in [0.25, 0.3) is 5.57 Å². The van der Waals surface area contributed by atoms with Crippen LogP contribution in [0.3, 0.4) is 0 Å². The Morgan fingerprint density at radius 1 is 0.939 bits per heavy atom. The molecule has 5 nitrogen and oxygen atoms in total. The molecule has 0 atom stereocenters. The van der Waals surface area contributed by atoms with Crippen molar-refractivity contribution in [2.75, 3.05) is 26.2 Å². The summed E-state index contributed by atoms with van der Waals surface area (Å²) in [7, 11) is 0. The minimum Gasteiger partial charge on any atom is -0.508 e. The Bertz CT molecular complexity index is 1090. The first-order valence-corrected chi connectivity index (χ1v) is 11.7. The van der Waals surface area contributed by atoms with Gasteiger partial charge in [0.15, 0.2) is 0 Å². The molecule has 1 aliphatic heterocycles. The maximum atomic E-state index is 12.7. The second-order valence-corrected chi connectivity index (χ2v) is 8.44. The van der Waals surface area contributed by atoms with Gasteiger partial charge in [-0.2, -0.15) is 0 Å². The summed E-state index contributed by atoms with van der Waals surface area (Å²) in [5.41, 5.74) is 5.32. The molecule has 2 heterocycles. The number of likely N-dealkylation sites (tertiary alicyclic amines) is 1. The van der Waals surface area contributed by atoms with Crippen molar-refractivity contribution in [3.8, 4) is 5.75 Å². The van der Waals surface area contributed by atoms with E-state index in [0.717, 1.165) is 54.9 Å². The van der Waals surface area contributed by atoms with Crippen LogP contribution in [0, 0.1) is 0 Å². The fourth-order valence-corrected chi connectivity index (χ4v) is 4.56. The summed E-state index contributed by atoms with van der Waals surface area (Å²) in [5.74, 6) is 1.31. The fraction of sp³-hybridized carbons (Fsp3) is 0.321. The van der Waals surface area contributed by atoms with Crippen LogP contribution < -0.4 is 0 Å². The van der Waals surface area contributed by atoms with Crippen LogP contribution in [0.2, 0.25) is 0 Å². The van der Waals surface area contributed by atoms with Crippen molar-refractivity contribution in [2.45, 2.75) is 33.2 Å². The van der Waals surface area contributed by atoms with Crippen molar-refractivity contribution in [2.24, 2.45) is 0 Å². The Labute approximate surface area is 195 Å². The summed E-state index contributed by atoms with van der Waals surface area (Å²) >= 11 is 0. The van der Waals surface area contributed by atoms with Crippen LogP contribution in [0.4, 0.5) is 0 Å². The maximum absolute atomic E-state index is 12.7. The number of phenols is 1. The van der Waals surface area contributed by atoms with Crippen LogP contribution in [0.5, 0.6) is 5.75 Å². The first-order valence-electron chi connectivity index (χ1n) is 11.7. The smallest absolute Gasteiger partial charge is 0.253 e. The summed E-state index contributed by atoms with van der Waals surface area (Å²) < 4.78 is 5.51. The number of furan rings is 1. The van der Waals surface area contributed by atoms with E-state index in [4.69, 9.17) is 4.42 Å². The number of hydrogen-bond acceptors (Lipinski definition) is 4. The molecule has 0 aliphatic carbocycles. The molecule has 1 N–H and O–H groups in total. The molecule has 0 radical (unpaired) electrons. The number of aromatic hydroxyl groups is 1. The minimum absolute atomic E-state index is 0.0596. The van der Waals surface area contributed by atoms with Gasteiger partial charge in [-0.1, -0.05) is 29.8 Å². The summed E-state index contributed by atoms with van der Waals surface area (Å²) in [6.07, 6.45) is 3.62. The average Bonchev–Trinajstić information content (AvgIpc) is 3.35. The van der Waals surface area contributed by atoms with Gasteiger partial charge >= 0.3 is 0 Å². The van der Waals surface area contributed by atoms with Gasteiger partial charge in [0.05, 0.1) is 12.8 Å². The van der Waals surface area contributed by atoms with Crippen molar-refractivity contribution in [1.82, 2.24) is 9.80 Å². The second-order valence-electron chi connectivity index (χ2n) is 8.44. The van der Waals surface area contributed by atoms with Crippen LogP contribution in [-0.4, -0.2) is 47.0 Å². The van der Waals surface area contributed by atoms with E-state index in [1.807, 2.05) is 73.3 Å². The third-order valence-electron chi connectivity index (χ3n) is 6.38. The van der Waals surface area contributed by atoms with Crippen molar-refractivity contribution < 1.29 is 14.3 Å².